The van der Waals surface area contributed by atoms with Crippen LogP contribution in [0.3, 0.4) is 0 Å². The molecule has 2 aromatic rings. The van der Waals surface area contributed by atoms with Gasteiger partial charge in [0.15, 0.2) is 15.4 Å². The molecule has 1 aliphatic rings. The molecular formula is C22H20F4O4S. The summed E-state index contributed by atoms with van der Waals surface area (Å²) in [5.74, 6) is -1.69. The summed E-state index contributed by atoms with van der Waals surface area (Å²) in [6, 6.07) is 7.37. The molecule has 0 bridgehead atoms. The van der Waals surface area contributed by atoms with Gasteiger partial charge in [0.1, 0.15) is 11.6 Å². The minimum absolute atomic E-state index is 0.00697. The number of Topliss-reactive ketones (excluding diaryl/α,β-unsaturated/α-hetero) is 1. The highest BCUT2D eigenvalue weighted by atomic mass is 32.2. The molecule has 0 N–H and O–H groups in total. The van der Waals surface area contributed by atoms with Crippen molar-refractivity contribution in [2.24, 2.45) is 0 Å². The zero-order valence-corrected chi connectivity index (χ0v) is 17.8. The molecule has 9 heteroatoms. The first-order chi connectivity index (χ1) is 14.3. The van der Waals surface area contributed by atoms with Crippen LogP contribution in [0, 0.1) is 5.82 Å². The SMILES string of the molecule is CCC1(CC)OC(c2ccc(S(C)(=O)=O)cc2)=C(c2cc(F)cc(C(F)(F)F)c2)C1=O. The number of carbonyl (C=O) groups excluding carboxylic acids is 1. The standard InChI is InChI=1S/C22H20F4O4S/c1-4-21(5-2)20(27)18(14-10-15(22(24,25)26)12-16(23)11-14)19(30-21)13-6-8-17(9-7-13)31(3,28)29/h6-12H,4-5H2,1-3H3. The number of ether oxygens (including phenoxy) is 1. The second kappa shape index (κ2) is 7.78. The van der Waals surface area contributed by atoms with Gasteiger partial charge in [-0.3, -0.25) is 4.79 Å². The van der Waals surface area contributed by atoms with E-state index in [-0.39, 0.29) is 34.6 Å². The van der Waals surface area contributed by atoms with Crippen LogP contribution in [0.15, 0.2) is 47.4 Å². The smallest absolute Gasteiger partial charge is 0.416 e. The van der Waals surface area contributed by atoms with Crippen molar-refractivity contribution in [3.63, 3.8) is 0 Å². The van der Waals surface area contributed by atoms with Gasteiger partial charge in [0.2, 0.25) is 5.78 Å². The summed E-state index contributed by atoms with van der Waals surface area (Å²) in [6.07, 6.45) is -3.27. The van der Waals surface area contributed by atoms with Crippen LogP contribution in [0.4, 0.5) is 17.6 Å². The lowest BCUT2D eigenvalue weighted by Crippen LogP contribution is -2.35. The average molecular weight is 456 g/mol. The molecule has 1 heterocycles. The van der Waals surface area contributed by atoms with E-state index in [0.717, 1.165) is 12.3 Å². The second-order valence-electron chi connectivity index (χ2n) is 7.36. The van der Waals surface area contributed by atoms with E-state index in [4.69, 9.17) is 4.74 Å². The number of rotatable bonds is 5. The van der Waals surface area contributed by atoms with Crippen LogP contribution in [-0.2, 0) is 25.5 Å². The summed E-state index contributed by atoms with van der Waals surface area (Å²) < 4.78 is 83.2. The minimum Gasteiger partial charge on any atom is -0.478 e. The Labute approximate surface area is 177 Å². The molecule has 0 amide bonds. The Bertz CT molecular complexity index is 1160. The van der Waals surface area contributed by atoms with Gasteiger partial charge in [-0.2, -0.15) is 13.2 Å². The van der Waals surface area contributed by atoms with Crippen LogP contribution in [0.2, 0.25) is 0 Å². The van der Waals surface area contributed by atoms with Gasteiger partial charge in [0.25, 0.3) is 0 Å². The molecular weight excluding hydrogens is 436 g/mol. The van der Waals surface area contributed by atoms with Crippen molar-refractivity contribution in [3.05, 3.63) is 65.0 Å². The summed E-state index contributed by atoms with van der Waals surface area (Å²) in [5.41, 5.74) is -2.63. The molecule has 0 saturated carbocycles. The van der Waals surface area contributed by atoms with E-state index in [0.29, 0.717) is 17.7 Å². The summed E-state index contributed by atoms with van der Waals surface area (Å²) in [7, 11) is -3.48. The van der Waals surface area contributed by atoms with E-state index in [1.54, 1.807) is 13.8 Å². The van der Waals surface area contributed by atoms with E-state index in [9.17, 15) is 30.8 Å². The number of hydrogen-bond acceptors (Lipinski definition) is 4. The van der Waals surface area contributed by atoms with E-state index in [1.165, 1.54) is 24.3 Å². The fourth-order valence-corrected chi connectivity index (χ4v) is 4.19. The lowest BCUT2D eigenvalue weighted by Gasteiger charge is -2.25. The predicted molar refractivity (Wildman–Crippen MR) is 107 cm³/mol. The van der Waals surface area contributed by atoms with Crippen molar-refractivity contribution < 1.29 is 35.5 Å². The summed E-state index contributed by atoms with van der Waals surface area (Å²) >= 11 is 0. The van der Waals surface area contributed by atoms with Crippen molar-refractivity contribution in [2.75, 3.05) is 6.26 Å². The van der Waals surface area contributed by atoms with Gasteiger partial charge in [0, 0.05) is 11.8 Å². The summed E-state index contributed by atoms with van der Waals surface area (Å²) in [6.45, 7) is 3.42. The molecule has 1 aliphatic heterocycles. The van der Waals surface area contributed by atoms with Crippen molar-refractivity contribution in [1.29, 1.82) is 0 Å². The largest absolute Gasteiger partial charge is 0.478 e. The van der Waals surface area contributed by atoms with Crippen LogP contribution in [0.1, 0.15) is 43.4 Å². The summed E-state index contributed by atoms with van der Waals surface area (Å²) in [5, 5.41) is 0. The molecule has 0 unspecified atom stereocenters. The molecule has 0 radical (unpaired) electrons. The number of carbonyl (C=O) groups is 1. The van der Waals surface area contributed by atoms with E-state index < -0.39 is 38.8 Å². The Morgan fingerprint density at radius 2 is 1.55 bits per heavy atom. The second-order valence-corrected chi connectivity index (χ2v) is 9.38. The third kappa shape index (κ3) is 4.23. The highest BCUT2D eigenvalue weighted by Crippen LogP contribution is 2.45. The first-order valence-electron chi connectivity index (χ1n) is 9.49. The molecule has 4 nitrogen and oxygen atoms in total. The van der Waals surface area contributed by atoms with Gasteiger partial charge < -0.3 is 4.74 Å². The van der Waals surface area contributed by atoms with Gasteiger partial charge in [-0.15, -0.1) is 0 Å². The maximum absolute atomic E-state index is 14.1. The Kier molecular flexibility index (Phi) is 5.77. The molecule has 0 atom stereocenters. The van der Waals surface area contributed by atoms with Gasteiger partial charge in [-0.05, 0) is 60.9 Å². The third-order valence-electron chi connectivity index (χ3n) is 5.37. The zero-order valence-electron chi connectivity index (χ0n) is 17.0. The molecule has 0 aliphatic carbocycles. The van der Waals surface area contributed by atoms with Crippen molar-refractivity contribution >= 4 is 27.0 Å². The highest BCUT2D eigenvalue weighted by Gasteiger charge is 2.48. The highest BCUT2D eigenvalue weighted by molar-refractivity contribution is 7.90. The monoisotopic (exact) mass is 456 g/mol. The number of alkyl halides is 3. The number of ketones is 1. The number of halogens is 4. The first-order valence-corrected chi connectivity index (χ1v) is 11.4. The third-order valence-corrected chi connectivity index (χ3v) is 6.49. The lowest BCUT2D eigenvalue weighted by atomic mass is 9.86. The van der Waals surface area contributed by atoms with Crippen molar-refractivity contribution in [3.8, 4) is 0 Å². The Hall–Kier alpha value is -2.68. The van der Waals surface area contributed by atoms with Gasteiger partial charge >= 0.3 is 6.18 Å². The van der Waals surface area contributed by atoms with Crippen LogP contribution in [0.5, 0.6) is 0 Å². The first kappa shape index (κ1) is 23.0. The van der Waals surface area contributed by atoms with Crippen LogP contribution in [-0.4, -0.2) is 26.1 Å². The Morgan fingerprint density at radius 1 is 0.968 bits per heavy atom. The van der Waals surface area contributed by atoms with Crippen LogP contribution in [0.25, 0.3) is 11.3 Å². The number of benzene rings is 2. The van der Waals surface area contributed by atoms with Gasteiger partial charge in [0.05, 0.1) is 16.0 Å². The van der Waals surface area contributed by atoms with Crippen LogP contribution >= 0.6 is 0 Å². The van der Waals surface area contributed by atoms with E-state index in [2.05, 4.69) is 0 Å². The van der Waals surface area contributed by atoms with E-state index >= 15 is 0 Å². The quantitative estimate of drug-likeness (QED) is 0.575. The molecule has 0 saturated heterocycles. The fourth-order valence-electron chi connectivity index (χ4n) is 3.56. The van der Waals surface area contributed by atoms with Crippen molar-refractivity contribution in [1.82, 2.24) is 0 Å². The summed E-state index contributed by atoms with van der Waals surface area (Å²) in [4.78, 5) is 13.3. The molecule has 166 valence electrons. The maximum atomic E-state index is 14.1. The lowest BCUT2D eigenvalue weighted by molar-refractivity contribution is -0.137. The van der Waals surface area contributed by atoms with E-state index in [1.807, 2.05) is 0 Å². The topological polar surface area (TPSA) is 60.4 Å². The molecule has 0 spiro atoms. The normalized spacial score (nSPS) is 16.5. The Balaban J connectivity index is 2.26. The average Bonchev–Trinajstić information content (AvgIpc) is 2.99. The maximum Gasteiger partial charge on any atom is 0.416 e. The molecule has 3 rings (SSSR count). The molecule has 0 fully saturated rings. The van der Waals surface area contributed by atoms with Crippen molar-refractivity contribution in [2.45, 2.75) is 43.4 Å². The zero-order chi connectivity index (χ0) is 23.2. The number of hydrogen-bond donors (Lipinski definition) is 0. The Morgan fingerprint density at radius 3 is 2.03 bits per heavy atom. The van der Waals surface area contributed by atoms with Crippen LogP contribution < -0.4 is 0 Å². The fraction of sp³-hybridized carbons (Fsp3) is 0.318. The molecule has 0 aromatic heterocycles. The van der Waals surface area contributed by atoms with Gasteiger partial charge in [-0.25, -0.2) is 12.8 Å². The molecule has 31 heavy (non-hydrogen) atoms. The predicted octanol–water partition coefficient (Wildman–Crippen LogP) is 5.27. The number of sulfone groups is 1. The van der Waals surface area contributed by atoms with Gasteiger partial charge in [-0.1, -0.05) is 13.8 Å². The minimum atomic E-state index is -4.80. The molecule has 2 aromatic carbocycles.